The van der Waals surface area contributed by atoms with Crippen molar-refractivity contribution < 1.29 is 27.5 Å². The number of anilines is 1. The Kier molecular flexibility index (Phi) is 6.56. The number of carbonyl (C=O) groups is 2. The highest BCUT2D eigenvalue weighted by Crippen LogP contribution is 2.30. The van der Waals surface area contributed by atoms with Gasteiger partial charge in [-0.15, -0.1) is 0 Å². The summed E-state index contributed by atoms with van der Waals surface area (Å²) in [4.78, 5) is 30.4. The van der Waals surface area contributed by atoms with Crippen LogP contribution in [-0.4, -0.2) is 48.1 Å². The van der Waals surface area contributed by atoms with Crippen LogP contribution < -0.4 is 10.6 Å². The normalized spacial score (nSPS) is 17.4. The van der Waals surface area contributed by atoms with Gasteiger partial charge in [0.2, 0.25) is 11.8 Å². The van der Waals surface area contributed by atoms with Crippen LogP contribution in [0.3, 0.4) is 0 Å². The predicted octanol–water partition coefficient (Wildman–Crippen LogP) is 3.21. The maximum atomic E-state index is 12.7. The van der Waals surface area contributed by atoms with Gasteiger partial charge in [-0.3, -0.25) is 9.59 Å². The van der Waals surface area contributed by atoms with Crippen molar-refractivity contribution in [1.82, 2.24) is 15.2 Å². The fraction of sp³-hybridized carbons (Fsp3) is 0.476. The zero-order valence-electron chi connectivity index (χ0n) is 17.5. The highest BCUT2D eigenvalue weighted by Gasteiger charge is 2.31. The number of nitrogens with zero attached hydrogens (tertiary/aromatic N) is 2. The van der Waals surface area contributed by atoms with Crippen LogP contribution in [-0.2, 0) is 14.3 Å². The van der Waals surface area contributed by atoms with E-state index in [9.17, 15) is 22.8 Å². The first-order valence-electron chi connectivity index (χ1n) is 9.93. The number of carbonyl (C=O) groups excluding carboxylic acids is 2. The second-order valence-corrected chi connectivity index (χ2v) is 7.84. The van der Waals surface area contributed by atoms with Crippen molar-refractivity contribution in [3.05, 3.63) is 47.0 Å². The molecule has 31 heavy (non-hydrogen) atoms. The van der Waals surface area contributed by atoms with E-state index in [1.807, 2.05) is 6.07 Å². The third-order valence-electron chi connectivity index (χ3n) is 4.91. The van der Waals surface area contributed by atoms with Gasteiger partial charge in [0, 0.05) is 24.2 Å². The molecule has 10 heteroatoms. The summed E-state index contributed by atoms with van der Waals surface area (Å²) in [5, 5.41) is 5.68. The van der Waals surface area contributed by atoms with Gasteiger partial charge in [0.15, 0.2) is 12.5 Å². The summed E-state index contributed by atoms with van der Waals surface area (Å²) in [6.45, 7) is 2.33. The van der Waals surface area contributed by atoms with E-state index in [1.54, 1.807) is 27.0 Å². The Morgan fingerprint density at radius 2 is 2.00 bits per heavy atom. The first-order chi connectivity index (χ1) is 14.5. The molecule has 3 rings (SSSR count). The molecule has 1 aromatic heterocycles. The number of likely N-dealkylation sites (N-methyl/N-ethyl adjacent to an activating group) is 1. The Bertz CT molecular complexity index is 923. The van der Waals surface area contributed by atoms with Crippen molar-refractivity contribution in [3.63, 3.8) is 0 Å². The minimum Gasteiger partial charge on any atom is -0.469 e. The summed E-state index contributed by atoms with van der Waals surface area (Å²) in [5.74, 6) is 0.146. The second kappa shape index (κ2) is 8.99. The van der Waals surface area contributed by atoms with Gasteiger partial charge >= 0.3 is 6.18 Å². The highest BCUT2D eigenvalue weighted by molar-refractivity contribution is 5.95. The zero-order valence-corrected chi connectivity index (χ0v) is 17.5. The largest absolute Gasteiger partial charge is 0.469 e. The Labute approximate surface area is 178 Å². The van der Waals surface area contributed by atoms with E-state index < -0.39 is 12.8 Å². The molecule has 0 aromatic carbocycles. The topological polar surface area (TPSA) is 83.6 Å². The quantitative estimate of drug-likeness (QED) is 0.683. The molecule has 1 aliphatic carbocycles. The number of pyridine rings is 1. The maximum Gasteiger partial charge on any atom is 0.422 e. The first kappa shape index (κ1) is 22.6. The van der Waals surface area contributed by atoms with Gasteiger partial charge in [-0.25, -0.2) is 4.98 Å². The highest BCUT2D eigenvalue weighted by atomic mass is 19.4. The number of hydrogen-bond donors (Lipinski definition) is 2. The smallest absolute Gasteiger partial charge is 0.422 e. The number of halogens is 3. The molecule has 2 aliphatic rings. The van der Waals surface area contributed by atoms with Crippen molar-refractivity contribution in [2.24, 2.45) is 5.92 Å². The van der Waals surface area contributed by atoms with Crippen molar-refractivity contribution in [2.75, 3.05) is 25.5 Å². The van der Waals surface area contributed by atoms with Gasteiger partial charge < -0.3 is 20.3 Å². The molecular weight excluding hydrogens is 413 g/mol. The van der Waals surface area contributed by atoms with E-state index in [1.165, 1.54) is 17.1 Å². The zero-order chi connectivity index (χ0) is 22.8. The number of alkyl halides is 3. The van der Waals surface area contributed by atoms with E-state index in [0.29, 0.717) is 17.1 Å². The Morgan fingerprint density at radius 1 is 1.29 bits per heavy atom. The number of amides is 2. The fourth-order valence-electron chi connectivity index (χ4n) is 3.10. The van der Waals surface area contributed by atoms with Crippen LogP contribution in [0.25, 0.3) is 0 Å². The van der Waals surface area contributed by atoms with Crippen molar-refractivity contribution in [3.8, 4) is 0 Å². The van der Waals surface area contributed by atoms with Crippen LogP contribution >= 0.6 is 0 Å². The molecule has 1 aliphatic heterocycles. The molecule has 2 amide bonds. The Morgan fingerprint density at radius 3 is 2.61 bits per heavy atom. The van der Waals surface area contributed by atoms with Crippen molar-refractivity contribution in [1.29, 1.82) is 0 Å². The molecule has 1 unspecified atom stereocenters. The number of hydrogen-bond acceptors (Lipinski definition) is 5. The lowest BCUT2D eigenvalue weighted by Crippen LogP contribution is -2.35. The summed E-state index contributed by atoms with van der Waals surface area (Å²) >= 11 is 0. The minimum absolute atomic E-state index is 0.0442. The van der Waals surface area contributed by atoms with Gasteiger partial charge in [-0.2, -0.15) is 13.2 Å². The van der Waals surface area contributed by atoms with Crippen LogP contribution in [0.1, 0.15) is 37.1 Å². The summed E-state index contributed by atoms with van der Waals surface area (Å²) < 4.78 is 41.8. The minimum atomic E-state index is -4.43. The van der Waals surface area contributed by atoms with Crippen LogP contribution in [0.15, 0.2) is 35.7 Å². The summed E-state index contributed by atoms with van der Waals surface area (Å²) in [6.07, 6.45) is 0.137. The molecule has 1 aromatic rings. The third kappa shape index (κ3) is 6.47. The van der Waals surface area contributed by atoms with Gasteiger partial charge in [0.1, 0.15) is 5.82 Å². The Balaban J connectivity index is 1.63. The molecular formula is C21H25F3N4O3. The third-order valence-corrected chi connectivity index (χ3v) is 4.91. The number of aromatic nitrogens is 1. The number of aryl methyl sites for hydroxylation is 1. The van der Waals surface area contributed by atoms with E-state index in [-0.39, 0.29) is 36.2 Å². The summed E-state index contributed by atoms with van der Waals surface area (Å²) in [7, 11) is 1.55. The van der Waals surface area contributed by atoms with E-state index in [4.69, 9.17) is 4.74 Å². The first-order valence-corrected chi connectivity index (χ1v) is 9.93. The molecule has 168 valence electrons. The monoisotopic (exact) mass is 438 g/mol. The number of allylic oxidation sites excluding steroid dienone is 2. The Hall–Kier alpha value is -3.04. The molecule has 2 heterocycles. The fourth-order valence-corrected chi connectivity index (χ4v) is 3.10. The second-order valence-electron chi connectivity index (χ2n) is 7.84. The predicted molar refractivity (Wildman–Crippen MR) is 108 cm³/mol. The molecule has 7 nitrogen and oxygen atoms in total. The van der Waals surface area contributed by atoms with Gasteiger partial charge in [-0.05, 0) is 56.5 Å². The lowest BCUT2D eigenvalue weighted by Gasteiger charge is -2.27. The van der Waals surface area contributed by atoms with Crippen LogP contribution in [0.4, 0.5) is 19.0 Å². The lowest BCUT2D eigenvalue weighted by molar-refractivity contribution is -0.169. The molecule has 0 saturated heterocycles. The van der Waals surface area contributed by atoms with Crippen molar-refractivity contribution in [2.45, 2.75) is 38.9 Å². The molecule has 1 fully saturated rings. The van der Waals surface area contributed by atoms with Crippen LogP contribution in [0, 0.1) is 12.8 Å². The molecule has 0 spiro atoms. The maximum absolute atomic E-state index is 12.7. The van der Waals surface area contributed by atoms with E-state index in [2.05, 4.69) is 15.6 Å². The molecule has 0 radical (unpaired) electrons. The van der Waals surface area contributed by atoms with Crippen LogP contribution in [0.5, 0.6) is 0 Å². The molecule has 1 saturated carbocycles. The number of nitrogens with one attached hydrogen (secondary N) is 2. The SMILES string of the molecule is Cc1cc(C(C)NC(=O)C2=CC=C(OCC(F)(F)F)N(C)C2)cc(NC(=O)C2CC2)n1. The van der Waals surface area contributed by atoms with E-state index >= 15 is 0 Å². The standard InChI is InChI=1S/C21H25F3N4O3/c1-12-8-16(9-17(25-12)27-19(29)14-4-5-14)13(2)26-20(30)15-6-7-18(28(3)10-15)31-11-21(22,23)24/h6-9,13-14H,4-5,10-11H2,1-3H3,(H,26,30)(H,25,27,29). The van der Waals surface area contributed by atoms with Gasteiger partial charge in [0.25, 0.3) is 0 Å². The van der Waals surface area contributed by atoms with Gasteiger partial charge in [0.05, 0.1) is 12.6 Å². The molecule has 1 atom stereocenters. The molecule has 2 N–H and O–H groups in total. The average molecular weight is 438 g/mol. The van der Waals surface area contributed by atoms with Crippen LogP contribution in [0.2, 0.25) is 0 Å². The number of rotatable bonds is 7. The van der Waals surface area contributed by atoms with Gasteiger partial charge in [-0.1, -0.05) is 0 Å². The van der Waals surface area contributed by atoms with E-state index in [0.717, 1.165) is 18.4 Å². The average Bonchev–Trinajstić information content (AvgIpc) is 3.51. The molecule has 0 bridgehead atoms. The summed E-state index contributed by atoms with van der Waals surface area (Å²) in [5.41, 5.74) is 1.87. The summed E-state index contributed by atoms with van der Waals surface area (Å²) in [6, 6.07) is 3.17. The number of ether oxygens (including phenoxy) is 1. The lowest BCUT2D eigenvalue weighted by atomic mass is 10.1. The van der Waals surface area contributed by atoms with Crippen molar-refractivity contribution >= 4 is 17.6 Å².